The van der Waals surface area contributed by atoms with Crippen molar-refractivity contribution in [1.82, 2.24) is 4.90 Å². The highest BCUT2D eigenvalue weighted by atomic mass is 35.5. The molecule has 23 heavy (non-hydrogen) atoms. The van der Waals surface area contributed by atoms with Crippen LogP contribution in [0, 0.1) is 11.3 Å². The third-order valence-electron chi connectivity index (χ3n) is 5.06. The summed E-state index contributed by atoms with van der Waals surface area (Å²) in [5.74, 6) is -0.726. The first kappa shape index (κ1) is 16.4. The number of benzene rings is 1. The summed E-state index contributed by atoms with van der Waals surface area (Å²) in [7, 11) is 1.45. The summed E-state index contributed by atoms with van der Waals surface area (Å²) < 4.78 is 5.22. The Morgan fingerprint density at radius 1 is 1.35 bits per heavy atom. The Balaban J connectivity index is 1.91. The van der Waals surface area contributed by atoms with Crippen molar-refractivity contribution in [3.8, 4) is 5.75 Å². The van der Waals surface area contributed by atoms with Crippen molar-refractivity contribution >= 4 is 35.1 Å². The maximum Gasteiger partial charge on any atom is 0.311 e. The minimum Gasteiger partial charge on any atom is -0.496 e. The molecular formula is C16H17Cl2NO4. The molecule has 1 saturated heterocycles. The molecule has 0 radical (unpaired) electrons. The maximum atomic E-state index is 12.8. The van der Waals surface area contributed by atoms with Gasteiger partial charge in [-0.3, -0.25) is 9.59 Å². The number of methoxy groups -OCH3 is 1. The van der Waals surface area contributed by atoms with Crippen LogP contribution in [0.2, 0.25) is 10.0 Å². The van der Waals surface area contributed by atoms with Gasteiger partial charge >= 0.3 is 5.97 Å². The average Bonchev–Trinajstić information content (AvgIpc) is 3.06. The van der Waals surface area contributed by atoms with Crippen molar-refractivity contribution in [2.75, 3.05) is 20.2 Å². The molecular weight excluding hydrogens is 341 g/mol. The Kier molecular flexibility index (Phi) is 4.19. The van der Waals surface area contributed by atoms with Crippen LogP contribution < -0.4 is 4.74 Å². The molecule has 1 N–H and O–H groups in total. The van der Waals surface area contributed by atoms with Gasteiger partial charge in [0.15, 0.2) is 0 Å². The standard InChI is InChI=1S/C16H17Cl2NO4/c1-23-13-6-12(18)11(17)5-10(13)14(20)19-7-9-3-2-4-16(9,8-19)15(21)22/h5-6,9H,2-4,7-8H2,1H3,(H,21,22)/t9-,16+/m0/s1. The number of carbonyl (C=O) groups is 2. The Morgan fingerprint density at radius 3 is 2.65 bits per heavy atom. The fourth-order valence-electron chi connectivity index (χ4n) is 3.83. The summed E-state index contributed by atoms with van der Waals surface area (Å²) in [6.45, 7) is 0.684. The van der Waals surface area contributed by atoms with Crippen molar-refractivity contribution in [2.45, 2.75) is 19.3 Å². The van der Waals surface area contributed by atoms with Gasteiger partial charge in [-0.05, 0) is 24.8 Å². The van der Waals surface area contributed by atoms with E-state index in [9.17, 15) is 14.7 Å². The Bertz CT molecular complexity index is 678. The van der Waals surface area contributed by atoms with Crippen molar-refractivity contribution in [2.24, 2.45) is 11.3 Å². The number of carboxylic acid groups (broad SMARTS) is 1. The summed E-state index contributed by atoms with van der Waals surface area (Å²) in [5, 5.41) is 10.2. The summed E-state index contributed by atoms with van der Waals surface area (Å²) in [5.41, 5.74) is -0.499. The van der Waals surface area contributed by atoms with Gasteiger partial charge < -0.3 is 14.7 Å². The molecule has 1 aliphatic heterocycles. The van der Waals surface area contributed by atoms with Crippen LogP contribution in [0.15, 0.2) is 12.1 Å². The van der Waals surface area contributed by atoms with E-state index in [1.807, 2.05) is 0 Å². The average molecular weight is 358 g/mol. The molecule has 1 aromatic carbocycles. The van der Waals surface area contributed by atoms with Gasteiger partial charge in [-0.2, -0.15) is 0 Å². The molecule has 2 atom stereocenters. The molecule has 1 aromatic rings. The van der Waals surface area contributed by atoms with E-state index in [1.54, 1.807) is 4.90 Å². The molecule has 7 heteroatoms. The summed E-state index contributed by atoms with van der Waals surface area (Å²) >= 11 is 12.0. The molecule has 1 amide bonds. The van der Waals surface area contributed by atoms with Gasteiger partial charge in [-0.15, -0.1) is 0 Å². The van der Waals surface area contributed by atoms with Crippen LogP contribution in [0.1, 0.15) is 29.6 Å². The van der Waals surface area contributed by atoms with Crippen LogP contribution in [0.4, 0.5) is 0 Å². The number of fused-ring (bicyclic) bond motifs is 1. The number of halogens is 2. The fraction of sp³-hybridized carbons (Fsp3) is 0.500. The zero-order valence-corrected chi connectivity index (χ0v) is 14.2. The van der Waals surface area contributed by atoms with Crippen LogP contribution in [0.5, 0.6) is 5.75 Å². The number of amides is 1. The van der Waals surface area contributed by atoms with E-state index in [0.717, 1.165) is 12.8 Å². The predicted octanol–water partition coefficient (Wildman–Crippen LogP) is 3.33. The SMILES string of the molecule is COc1cc(Cl)c(Cl)cc1C(=O)N1C[C@@H]2CCC[C@@]2(C(=O)O)C1. The molecule has 0 aromatic heterocycles. The normalized spacial score (nSPS) is 26.2. The van der Waals surface area contributed by atoms with Crippen molar-refractivity contribution in [1.29, 1.82) is 0 Å². The maximum absolute atomic E-state index is 12.8. The lowest BCUT2D eigenvalue weighted by Crippen LogP contribution is -2.37. The van der Waals surface area contributed by atoms with E-state index in [1.165, 1.54) is 19.2 Å². The zero-order chi connectivity index (χ0) is 16.8. The quantitative estimate of drug-likeness (QED) is 0.900. The van der Waals surface area contributed by atoms with E-state index in [2.05, 4.69) is 0 Å². The predicted molar refractivity (Wildman–Crippen MR) is 86.3 cm³/mol. The monoisotopic (exact) mass is 357 g/mol. The Morgan fingerprint density at radius 2 is 2.04 bits per heavy atom. The molecule has 3 rings (SSSR count). The zero-order valence-electron chi connectivity index (χ0n) is 12.6. The molecule has 1 aliphatic carbocycles. The lowest BCUT2D eigenvalue weighted by molar-refractivity contribution is -0.149. The molecule has 0 spiro atoms. The third kappa shape index (κ3) is 2.56. The number of hydrogen-bond donors (Lipinski definition) is 1. The van der Waals surface area contributed by atoms with Crippen molar-refractivity contribution < 1.29 is 19.4 Å². The number of aliphatic carboxylic acids is 1. The minimum atomic E-state index is -0.809. The second-order valence-corrected chi connectivity index (χ2v) is 7.02. The molecule has 2 aliphatic rings. The number of rotatable bonds is 3. The van der Waals surface area contributed by atoms with Gasteiger partial charge in [-0.1, -0.05) is 29.6 Å². The molecule has 1 heterocycles. The van der Waals surface area contributed by atoms with Crippen LogP contribution >= 0.6 is 23.2 Å². The van der Waals surface area contributed by atoms with E-state index in [4.69, 9.17) is 27.9 Å². The Labute approximate surface area is 144 Å². The topological polar surface area (TPSA) is 66.8 Å². The third-order valence-corrected chi connectivity index (χ3v) is 5.78. The van der Waals surface area contributed by atoms with E-state index in [0.29, 0.717) is 29.3 Å². The first-order valence-electron chi connectivity index (χ1n) is 7.45. The van der Waals surface area contributed by atoms with Crippen molar-refractivity contribution in [3.05, 3.63) is 27.7 Å². The summed E-state index contributed by atoms with van der Waals surface area (Å²) in [6.07, 6.45) is 2.36. The van der Waals surface area contributed by atoms with Gasteiger partial charge in [0, 0.05) is 19.2 Å². The molecule has 1 saturated carbocycles. The van der Waals surface area contributed by atoms with E-state index in [-0.39, 0.29) is 23.4 Å². The first-order valence-corrected chi connectivity index (χ1v) is 8.20. The minimum absolute atomic E-state index is 0.0118. The van der Waals surface area contributed by atoms with Gasteiger partial charge in [-0.25, -0.2) is 0 Å². The van der Waals surface area contributed by atoms with Crippen LogP contribution in [0.3, 0.4) is 0 Å². The van der Waals surface area contributed by atoms with Gasteiger partial charge in [0.25, 0.3) is 5.91 Å². The van der Waals surface area contributed by atoms with Crippen LogP contribution in [-0.2, 0) is 4.79 Å². The highest BCUT2D eigenvalue weighted by Crippen LogP contribution is 2.49. The highest BCUT2D eigenvalue weighted by molar-refractivity contribution is 6.42. The van der Waals surface area contributed by atoms with E-state index >= 15 is 0 Å². The van der Waals surface area contributed by atoms with E-state index < -0.39 is 11.4 Å². The number of ether oxygens (including phenoxy) is 1. The largest absolute Gasteiger partial charge is 0.496 e. The number of hydrogen-bond acceptors (Lipinski definition) is 3. The molecule has 124 valence electrons. The van der Waals surface area contributed by atoms with Gasteiger partial charge in [0.2, 0.25) is 0 Å². The number of carbonyl (C=O) groups excluding carboxylic acids is 1. The van der Waals surface area contributed by atoms with Gasteiger partial charge in [0.05, 0.1) is 28.1 Å². The first-order chi connectivity index (χ1) is 10.9. The number of nitrogens with zero attached hydrogens (tertiary/aromatic N) is 1. The smallest absolute Gasteiger partial charge is 0.311 e. The lowest BCUT2D eigenvalue weighted by atomic mass is 9.81. The summed E-state index contributed by atoms with van der Waals surface area (Å²) in [4.78, 5) is 26.2. The summed E-state index contributed by atoms with van der Waals surface area (Å²) in [6, 6.07) is 2.98. The second kappa shape index (κ2) is 5.87. The molecule has 2 fully saturated rings. The van der Waals surface area contributed by atoms with Crippen molar-refractivity contribution in [3.63, 3.8) is 0 Å². The lowest BCUT2D eigenvalue weighted by Gasteiger charge is -2.23. The molecule has 0 unspecified atom stereocenters. The Hall–Kier alpha value is -1.46. The molecule has 0 bridgehead atoms. The van der Waals surface area contributed by atoms with Crippen LogP contribution in [0.25, 0.3) is 0 Å². The number of likely N-dealkylation sites (tertiary alicyclic amines) is 1. The van der Waals surface area contributed by atoms with Gasteiger partial charge in [0.1, 0.15) is 5.75 Å². The van der Waals surface area contributed by atoms with Crippen LogP contribution in [-0.4, -0.2) is 42.1 Å². The highest BCUT2D eigenvalue weighted by Gasteiger charge is 2.56. The fourth-order valence-corrected chi connectivity index (χ4v) is 4.15. The number of carboxylic acids is 1. The molecule has 5 nitrogen and oxygen atoms in total. The second-order valence-electron chi connectivity index (χ2n) is 6.20.